The van der Waals surface area contributed by atoms with Crippen LogP contribution in [0.2, 0.25) is 0 Å². The average Bonchev–Trinajstić information content (AvgIpc) is 3.13. The standard InChI is InChI=1S/C27H29N3O6/c31-23-6-2-4-21(25(32)28-23)26(33)30-16-20-3-1-5-22(24(20)27(30)34)36-17-19-9-7-18(8-10-19)15-29-11-13-35-14-12-29/h1,3,5,7-10,21H,2,4,6,11-17H2,(H,28,31,32)/t21-/m0/s1. The quantitative estimate of drug-likeness (QED) is 0.487. The molecule has 2 aromatic rings. The first-order chi connectivity index (χ1) is 17.5. The molecule has 0 bridgehead atoms. The Balaban J connectivity index is 1.23. The van der Waals surface area contributed by atoms with Crippen molar-refractivity contribution >= 4 is 23.6 Å². The van der Waals surface area contributed by atoms with E-state index in [0.29, 0.717) is 23.3 Å². The number of rotatable bonds is 6. The number of hydrogen-bond acceptors (Lipinski definition) is 7. The molecule has 2 fully saturated rings. The van der Waals surface area contributed by atoms with E-state index in [0.717, 1.165) is 43.3 Å². The van der Waals surface area contributed by atoms with Crippen LogP contribution < -0.4 is 10.1 Å². The molecule has 5 rings (SSSR count). The number of imide groups is 2. The summed E-state index contributed by atoms with van der Waals surface area (Å²) in [4.78, 5) is 53.7. The average molecular weight is 492 g/mol. The number of morpholine rings is 1. The molecule has 188 valence electrons. The molecule has 0 radical (unpaired) electrons. The van der Waals surface area contributed by atoms with Gasteiger partial charge in [0.15, 0.2) is 0 Å². The van der Waals surface area contributed by atoms with E-state index in [2.05, 4.69) is 22.3 Å². The van der Waals surface area contributed by atoms with E-state index in [-0.39, 0.29) is 26.0 Å². The smallest absolute Gasteiger partial charge is 0.264 e. The van der Waals surface area contributed by atoms with Gasteiger partial charge in [0.25, 0.3) is 5.91 Å². The third-order valence-corrected chi connectivity index (χ3v) is 6.87. The van der Waals surface area contributed by atoms with Crippen LogP contribution in [0, 0.1) is 5.92 Å². The van der Waals surface area contributed by atoms with Crippen molar-refractivity contribution in [1.82, 2.24) is 15.1 Å². The van der Waals surface area contributed by atoms with Gasteiger partial charge in [0.05, 0.1) is 25.3 Å². The summed E-state index contributed by atoms with van der Waals surface area (Å²) in [6.07, 6.45) is 0.847. The molecule has 3 aliphatic rings. The number of ether oxygens (including phenoxy) is 2. The fraction of sp³-hybridized carbons (Fsp3) is 0.407. The normalized spacial score (nSPS) is 20.6. The summed E-state index contributed by atoms with van der Waals surface area (Å²) in [7, 11) is 0. The van der Waals surface area contributed by atoms with E-state index in [4.69, 9.17) is 9.47 Å². The topological polar surface area (TPSA) is 105 Å². The van der Waals surface area contributed by atoms with Crippen LogP contribution in [0.15, 0.2) is 42.5 Å². The first-order valence-corrected chi connectivity index (χ1v) is 12.3. The van der Waals surface area contributed by atoms with Crippen molar-refractivity contribution in [1.29, 1.82) is 0 Å². The lowest BCUT2D eigenvalue weighted by Crippen LogP contribution is -2.43. The predicted molar refractivity (Wildman–Crippen MR) is 129 cm³/mol. The highest BCUT2D eigenvalue weighted by atomic mass is 16.5. The molecule has 36 heavy (non-hydrogen) atoms. The minimum absolute atomic E-state index is 0.0815. The monoisotopic (exact) mass is 491 g/mol. The third kappa shape index (κ3) is 5.17. The number of fused-ring (bicyclic) bond motifs is 1. The molecule has 0 unspecified atom stereocenters. The van der Waals surface area contributed by atoms with Gasteiger partial charge in [-0.2, -0.15) is 0 Å². The lowest BCUT2D eigenvalue weighted by atomic mass is 10.0. The molecular formula is C27H29N3O6. The van der Waals surface area contributed by atoms with Gasteiger partial charge < -0.3 is 9.47 Å². The summed E-state index contributed by atoms with van der Waals surface area (Å²) in [5.41, 5.74) is 3.21. The van der Waals surface area contributed by atoms with Gasteiger partial charge >= 0.3 is 0 Å². The van der Waals surface area contributed by atoms with E-state index in [9.17, 15) is 19.2 Å². The van der Waals surface area contributed by atoms with E-state index in [1.54, 1.807) is 18.2 Å². The fourth-order valence-corrected chi connectivity index (χ4v) is 4.85. The highest BCUT2D eigenvalue weighted by Crippen LogP contribution is 2.33. The summed E-state index contributed by atoms with van der Waals surface area (Å²) in [5.74, 6) is -2.73. The zero-order valence-corrected chi connectivity index (χ0v) is 20.0. The largest absolute Gasteiger partial charge is 0.488 e. The molecular weight excluding hydrogens is 462 g/mol. The van der Waals surface area contributed by atoms with Crippen molar-refractivity contribution in [2.75, 3.05) is 26.3 Å². The zero-order valence-electron chi connectivity index (χ0n) is 20.0. The van der Waals surface area contributed by atoms with Crippen LogP contribution in [-0.4, -0.2) is 59.7 Å². The maximum Gasteiger partial charge on any atom is 0.264 e. The maximum atomic E-state index is 13.2. The molecule has 0 aromatic heterocycles. The minimum Gasteiger partial charge on any atom is -0.488 e. The molecule has 9 heteroatoms. The first kappa shape index (κ1) is 24.1. The van der Waals surface area contributed by atoms with Crippen LogP contribution in [0.3, 0.4) is 0 Å². The van der Waals surface area contributed by atoms with Crippen molar-refractivity contribution < 1.29 is 28.7 Å². The van der Waals surface area contributed by atoms with Gasteiger partial charge in [0.1, 0.15) is 18.3 Å². The Labute approximate surface area is 209 Å². The van der Waals surface area contributed by atoms with Crippen molar-refractivity contribution in [2.45, 2.75) is 39.0 Å². The molecule has 1 atom stereocenters. The van der Waals surface area contributed by atoms with Crippen LogP contribution in [0.5, 0.6) is 5.75 Å². The predicted octanol–water partition coefficient (Wildman–Crippen LogP) is 2.02. The molecule has 1 N–H and O–H groups in total. The molecule has 3 aliphatic heterocycles. The van der Waals surface area contributed by atoms with Gasteiger partial charge in [-0.15, -0.1) is 0 Å². The molecule has 4 amide bonds. The molecule has 0 spiro atoms. The molecule has 2 aromatic carbocycles. The van der Waals surface area contributed by atoms with Crippen molar-refractivity contribution in [3.8, 4) is 5.75 Å². The van der Waals surface area contributed by atoms with Gasteiger partial charge in [-0.25, -0.2) is 0 Å². The highest BCUT2D eigenvalue weighted by Gasteiger charge is 2.41. The van der Waals surface area contributed by atoms with Crippen LogP contribution in [0.4, 0.5) is 0 Å². The fourth-order valence-electron chi connectivity index (χ4n) is 4.85. The Morgan fingerprint density at radius 1 is 1.03 bits per heavy atom. The Morgan fingerprint density at radius 3 is 2.56 bits per heavy atom. The summed E-state index contributed by atoms with van der Waals surface area (Å²) in [5, 5.41) is 2.24. The SMILES string of the molecule is O=C1CCC[C@H](C(=O)N2Cc3cccc(OCc4ccc(CN5CCOCC5)cc4)c3C2=O)C(=O)N1. The summed E-state index contributed by atoms with van der Waals surface area (Å²) in [6.45, 7) is 4.64. The Morgan fingerprint density at radius 2 is 1.78 bits per heavy atom. The highest BCUT2D eigenvalue weighted by molar-refractivity contribution is 6.15. The number of amides is 4. The number of benzene rings is 2. The van der Waals surface area contributed by atoms with E-state index < -0.39 is 29.5 Å². The lowest BCUT2D eigenvalue weighted by Gasteiger charge is -2.26. The van der Waals surface area contributed by atoms with Crippen LogP contribution in [-0.2, 0) is 38.8 Å². The summed E-state index contributed by atoms with van der Waals surface area (Å²) >= 11 is 0. The summed E-state index contributed by atoms with van der Waals surface area (Å²) < 4.78 is 11.4. The van der Waals surface area contributed by atoms with Crippen LogP contribution in [0.1, 0.15) is 46.3 Å². The number of carbonyl (C=O) groups is 4. The molecule has 0 aliphatic carbocycles. The molecule has 9 nitrogen and oxygen atoms in total. The second-order valence-electron chi connectivity index (χ2n) is 9.37. The number of carbonyl (C=O) groups excluding carboxylic acids is 4. The lowest BCUT2D eigenvalue weighted by molar-refractivity contribution is -0.141. The zero-order chi connectivity index (χ0) is 25.1. The van der Waals surface area contributed by atoms with Gasteiger partial charge in [0, 0.05) is 26.1 Å². The van der Waals surface area contributed by atoms with Gasteiger partial charge in [-0.1, -0.05) is 36.4 Å². The first-order valence-electron chi connectivity index (χ1n) is 12.3. The molecule has 0 saturated carbocycles. The van der Waals surface area contributed by atoms with Crippen molar-refractivity contribution in [2.24, 2.45) is 5.92 Å². The van der Waals surface area contributed by atoms with E-state index in [1.807, 2.05) is 12.1 Å². The summed E-state index contributed by atoms with van der Waals surface area (Å²) in [6, 6.07) is 13.5. The van der Waals surface area contributed by atoms with Crippen molar-refractivity contribution in [3.63, 3.8) is 0 Å². The van der Waals surface area contributed by atoms with Gasteiger partial charge in [-0.05, 0) is 35.6 Å². The van der Waals surface area contributed by atoms with Crippen molar-refractivity contribution in [3.05, 3.63) is 64.7 Å². The second kappa shape index (κ2) is 10.6. The van der Waals surface area contributed by atoms with E-state index >= 15 is 0 Å². The Kier molecular flexibility index (Phi) is 7.11. The van der Waals surface area contributed by atoms with Gasteiger partial charge in [0.2, 0.25) is 17.7 Å². The van der Waals surface area contributed by atoms with Crippen LogP contribution >= 0.6 is 0 Å². The number of hydrogen-bond donors (Lipinski definition) is 1. The molecule has 2 saturated heterocycles. The van der Waals surface area contributed by atoms with E-state index in [1.165, 1.54) is 5.56 Å². The molecule has 3 heterocycles. The minimum atomic E-state index is -1.05. The van der Waals surface area contributed by atoms with Crippen LogP contribution in [0.25, 0.3) is 0 Å². The second-order valence-corrected chi connectivity index (χ2v) is 9.37. The maximum absolute atomic E-state index is 13.2. The number of nitrogens with zero attached hydrogens (tertiary/aromatic N) is 2. The third-order valence-electron chi connectivity index (χ3n) is 6.87. The number of nitrogens with one attached hydrogen (secondary N) is 1. The Hall–Kier alpha value is -3.56. The Bertz CT molecular complexity index is 1170. The van der Waals surface area contributed by atoms with Gasteiger partial charge in [-0.3, -0.25) is 34.3 Å².